The molecule has 7 nitrogen and oxygen atoms in total. The van der Waals surface area contributed by atoms with Crippen molar-refractivity contribution in [2.75, 3.05) is 12.4 Å². The van der Waals surface area contributed by atoms with Crippen molar-refractivity contribution in [2.45, 2.75) is 6.61 Å². The average molecular weight is 473 g/mol. The number of hydrogen-bond acceptors (Lipinski definition) is 6. The molecule has 1 N–H and O–H groups in total. The zero-order valence-electron chi connectivity index (χ0n) is 20.0. The van der Waals surface area contributed by atoms with Gasteiger partial charge in [0.1, 0.15) is 23.9 Å². The molecule has 0 spiro atoms. The summed E-state index contributed by atoms with van der Waals surface area (Å²) in [7, 11) is 3.83. The quantitative estimate of drug-likeness (QED) is 0.327. The lowest BCUT2D eigenvalue weighted by molar-refractivity contribution is 0.301. The van der Waals surface area contributed by atoms with Gasteiger partial charge in [-0.1, -0.05) is 36.4 Å². The van der Waals surface area contributed by atoms with Crippen molar-refractivity contribution in [3.05, 3.63) is 97.0 Å². The first-order chi connectivity index (χ1) is 17.7. The molecule has 0 radical (unpaired) electrons. The van der Waals surface area contributed by atoms with Crippen molar-refractivity contribution in [1.29, 1.82) is 0 Å². The van der Waals surface area contributed by atoms with E-state index >= 15 is 0 Å². The van der Waals surface area contributed by atoms with Gasteiger partial charge in [-0.2, -0.15) is 5.10 Å². The van der Waals surface area contributed by atoms with Gasteiger partial charge in [0.05, 0.1) is 11.0 Å². The first-order valence-corrected chi connectivity index (χ1v) is 11.7. The van der Waals surface area contributed by atoms with Crippen LogP contribution in [-0.4, -0.2) is 31.8 Å². The van der Waals surface area contributed by atoms with E-state index in [9.17, 15) is 0 Å². The molecule has 3 heterocycles. The molecule has 7 heteroatoms. The number of para-hydroxylation sites is 1. The number of ether oxygens (including phenoxy) is 1. The van der Waals surface area contributed by atoms with Crippen molar-refractivity contribution in [3.63, 3.8) is 0 Å². The highest BCUT2D eigenvalue weighted by Gasteiger charge is 2.12. The Bertz CT molecular complexity index is 1690. The van der Waals surface area contributed by atoms with Crippen molar-refractivity contribution < 1.29 is 4.74 Å². The Balaban J connectivity index is 1.30. The fourth-order valence-electron chi connectivity index (χ4n) is 4.44. The highest BCUT2D eigenvalue weighted by Crippen LogP contribution is 2.31. The highest BCUT2D eigenvalue weighted by atomic mass is 16.5. The molecular weight excluding hydrogens is 448 g/mol. The van der Waals surface area contributed by atoms with Gasteiger partial charge in [-0.15, -0.1) is 0 Å². The molecule has 0 bridgehead atoms. The lowest BCUT2D eigenvalue weighted by Crippen LogP contribution is -1.99. The summed E-state index contributed by atoms with van der Waals surface area (Å²) in [4.78, 5) is 13.7. The molecule has 0 fully saturated rings. The van der Waals surface area contributed by atoms with Crippen molar-refractivity contribution in [2.24, 2.45) is 7.05 Å². The summed E-state index contributed by atoms with van der Waals surface area (Å²) in [5, 5.41) is 9.91. The minimum atomic E-state index is 0.400. The molecule has 0 saturated heterocycles. The van der Waals surface area contributed by atoms with Gasteiger partial charge < -0.3 is 10.1 Å². The molecule has 6 aromatic rings. The van der Waals surface area contributed by atoms with Gasteiger partial charge in [0, 0.05) is 42.8 Å². The second kappa shape index (κ2) is 9.11. The third-order valence-corrected chi connectivity index (χ3v) is 6.23. The molecule has 176 valence electrons. The van der Waals surface area contributed by atoms with Crippen molar-refractivity contribution in [1.82, 2.24) is 24.7 Å². The van der Waals surface area contributed by atoms with Gasteiger partial charge in [-0.3, -0.25) is 9.67 Å². The normalized spacial score (nSPS) is 11.2. The summed E-state index contributed by atoms with van der Waals surface area (Å²) in [6, 6.07) is 26.4. The van der Waals surface area contributed by atoms with Gasteiger partial charge in [0.15, 0.2) is 5.82 Å². The van der Waals surface area contributed by atoms with Gasteiger partial charge in [-0.05, 0) is 53.6 Å². The van der Waals surface area contributed by atoms with Gasteiger partial charge in [0.25, 0.3) is 0 Å². The van der Waals surface area contributed by atoms with E-state index in [2.05, 4.69) is 51.8 Å². The summed E-state index contributed by atoms with van der Waals surface area (Å²) < 4.78 is 8.04. The lowest BCUT2D eigenvalue weighted by Gasteiger charge is -2.11. The minimum absolute atomic E-state index is 0.400. The van der Waals surface area contributed by atoms with E-state index in [0.717, 1.165) is 55.8 Å². The lowest BCUT2D eigenvalue weighted by atomic mass is 10.0. The summed E-state index contributed by atoms with van der Waals surface area (Å²) in [6.45, 7) is 0.400. The van der Waals surface area contributed by atoms with E-state index in [0.29, 0.717) is 12.4 Å². The SMILES string of the molecule is CNc1nc(-c2cccnc2)nc2ccc(-c3cccc(OCc4nn(C)c5ccccc45)c3)cc12. The number of rotatable bonds is 6. The maximum atomic E-state index is 6.15. The predicted octanol–water partition coefficient (Wildman–Crippen LogP) is 5.87. The van der Waals surface area contributed by atoms with E-state index < -0.39 is 0 Å². The van der Waals surface area contributed by atoms with E-state index in [1.807, 2.05) is 61.2 Å². The Labute approximate surface area is 208 Å². The number of aryl methyl sites for hydroxylation is 1. The Morgan fingerprint density at radius 2 is 1.69 bits per heavy atom. The molecule has 3 aromatic carbocycles. The topological polar surface area (TPSA) is 77.8 Å². The van der Waals surface area contributed by atoms with Gasteiger partial charge in [-0.25, -0.2) is 9.97 Å². The number of nitrogens with one attached hydrogen (secondary N) is 1. The van der Waals surface area contributed by atoms with Gasteiger partial charge in [0.2, 0.25) is 0 Å². The van der Waals surface area contributed by atoms with Crippen LogP contribution in [0.1, 0.15) is 5.69 Å². The van der Waals surface area contributed by atoms with Crippen LogP contribution in [-0.2, 0) is 13.7 Å². The predicted molar refractivity (Wildman–Crippen MR) is 143 cm³/mol. The van der Waals surface area contributed by atoms with Crippen molar-refractivity contribution in [3.8, 4) is 28.3 Å². The number of benzene rings is 3. The maximum absolute atomic E-state index is 6.15. The summed E-state index contributed by atoms with van der Waals surface area (Å²) in [5.41, 5.74) is 5.88. The Morgan fingerprint density at radius 1 is 0.833 bits per heavy atom. The molecule has 0 amide bonds. The van der Waals surface area contributed by atoms with Crippen molar-refractivity contribution >= 4 is 27.6 Å². The third kappa shape index (κ3) is 4.01. The highest BCUT2D eigenvalue weighted by molar-refractivity contribution is 5.94. The molecule has 6 rings (SSSR count). The van der Waals surface area contributed by atoms with Crippen LogP contribution in [0.25, 0.3) is 44.3 Å². The molecule has 0 aliphatic rings. The van der Waals surface area contributed by atoms with E-state index in [-0.39, 0.29) is 0 Å². The first-order valence-electron chi connectivity index (χ1n) is 11.7. The van der Waals surface area contributed by atoms with Gasteiger partial charge >= 0.3 is 0 Å². The zero-order chi connectivity index (χ0) is 24.5. The summed E-state index contributed by atoms with van der Waals surface area (Å²) in [6.07, 6.45) is 3.51. The largest absolute Gasteiger partial charge is 0.487 e. The third-order valence-electron chi connectivity index (χ3n) is 6.23. The Morgan fingerprint density at radius 3 is 2.56 bits per heavy atom. The second-order valence-corrected chi connectivity index (χ2v) is 8.52. The van der Waals surface area contributed by atoms with Crippen LogP contribution in [0.2, 0.25) is 0 Å². The van der Waals surface area contributed by atoms with E-state index in [4.69, 9.17) is 14.7 Å². The molecule has 0 atom stereocenters. The Kier molecular flexibility index (Phi) is 5.50. The number of anilines is 1. The molecule has 0 saturated carbocycles. The fraction of sp³-hybridized carbons (Fsp3) is 0.103. The fourth-order valence-corrected chi connectivity index (χ4v) is 4.44. The van der Waals surface area contributed by atoms with Crippen LogP contribution in [0.4, 0.5) is 5.82 Å². The molecule has 3 aromatic heterocycles. The maximum Gasteiger partial charge on any atom is 0.163 e. The standard InChI is InChI=1S/C29H24N6O/c1-30-29-24-16-20(12-13-25(24)32-28(33-29)21-8-6-14-31-17-21)19-7-5-9-22(15-19)36-18-26-23-10-3-4-11-27(23)35(2)34-26/h3-17H,18H2,1-2H3,(H,30,32,33). The van der Waals surface area contributed by atoms with E-state index in [1.54, 1.807) is 12.4 Å². The number of aromatic nitrogens is 5. The number of pyridine rings is 1. The van der Waals surface area contributed by atoms with Crippen LogP contribution in [0.3, 0.4) is 0 Å². The summed E-state index contributed by atoms with van der Waals surface area (Å²) in [5.74, 6) is 2.21. The number of nitrogens with zero attached hydrogens (tertiary/aromatic N) is 5. The summed E-state index contributed by atoms with van der Waals surface area (Å²) >= 11 is 0. The van der Waals surface area contributed by atoms with E-state index in [1.165, 1.54) is 0 Å². The second-order valence-electron chi connectivity index (χ2n) is 8.52. The molecule has 0 aliphatic heterocycles. The molecule has 36 heavy (non-hydrogen) atoms. The Hall–Kier alpha value is -4.78. The molecule has 0 unspecified atom stereocenters. The monoisotopic (exact) mass is 472 g/mol. The van der Waals surface area contributed by atoms with Crippen LogP contribution in [0.5, 0.6) is 5.75 Å². The molecule has 0 aliphatic carbocycles. The molecular formula is C29H24N6O. The smallest absolute Gasteiger partial charge is 0.163 e. The zero-order valence-corrected chi connectivity index (χ0v) is 20.0. The van der Waals surface area contributed by atoms with Crippen LogP contribution in [0, 0.1) is 0 Å². The average Bonchev–Trinajstić information content (AvgIpc) is 3.27. The number of fused-ring (bicyclic) bond motifs is 2. The van der Waals surface area contributed by atoms with Crippen LogP contribution < -0.4 is 10.1 Å². The number of hydrogen-bond donors (Lipinski definition) is 1. The minimum Gasteiger partial charge on any atom is -0.487 e. The van der Waals surface area contributed by atoms with Crippen LogP contribution in [0.15, 0.2) is 91.3 Å². The van der Waals surface area contributed by atoms with Crippen LogP contribution >= 0.6 is 0 Å². The first kappa shape index (κ1) is 21.7.